The van der Waals surface area contributed by atoms with Gasteiger partial charge in [0.05, 0.1) is 12.1 Å². The van der Waals surface area contributed by atoms with E-state index in [9.17, 15) is 22.0 Å². The molecule has 0 aromatic carbocycles. The summed E-state index contributed by atoms with van der Waals surface area (Å²) < 4.78 is 51.5. The summed E-state index contributed by atoms with van der Waals surface area (Å²) in [6, 6.07) is 0.729. The minimum atomic E-state index is -4.05. The predicted octanol–water partition coefficient (Wildman–Crippen LogP) is 0.797. The Morgan fingerprint density at radius 1 is 1.53 bits per heavy atom. The van der Waals surface area contributed by atoms with E-state index in [1.165, 1.54) is 0 Å². The van der Waals surface area contributed by atoms with Crippen LogP contribution in [0.2, 0.25) is 0 Å². The molecule has 1 aromatic rings. The Morgan fingerprint density at radius 2 is 2.16 bits per heavy atom. The molecule has 2 N–H and O–H groups in total. The van der Waals surface area contributed by atoms with Gasteiger partial charge in [0.1, 0.15) is 6.26 Å². The first-order chi connectivity index (χ1) is 8.79. The van der Waals surface area contributed by atoms with E-state index in [2.05, 4.69) is 4.42 Å². The Morgan fingerprint density at radius 3 is 2.58 bits per heavy atom. The van der Waals surface area contributed by atoms with Gasteiger partial charge in [-0.3, -0.25) is 4.79 Å². The Kier molecular flexibility index (Phi) is 3.59. The molecule has 0 unspecified atom stereocenters. The first-order valence-electron chi connectivity index (χ1n) is 5.49. The van der Waals surface area contributed by atoms with Gasteiger partial charge in [0.2, 0.25) is 5.09 Å². The third-order valence-electron chi connectivity index (χ3n) is 2.69. The number of hydrogen-bond acceptors (Lipinski definition) is 4. The van der Waals surface area contributed by atoms with Gasteiger partial charge >= 0.3 is 0 Å². The summed E-state index contributed by atoms with van der Waals surface area (Å²) in [6.45, 7) is -0.681. The van der Waals surface area contributed by atoms with Crippen LogP contribution in [0, 0.1) is 0 Å². The molecule has 1 aliphatic rings. The third-order valence-corrected chi connectivity index (χ3v) is 3.46. The second kappa shape index (κ2) is 4.89. The molecule has 0 spiro atoms. The molecular weight excluding hydrogens is 282 g/mol. The zero-order chi connectivity index (χ0) is 14.2. The Bertz CT molecular complexity index is 580. The number of nitrogens with zero attached hydrogens (tertiary/aromatic N) is 1. The molecule has 1 amide bonds. The Hall–Kier alpha value is -1.48. The molecule has 106 valence electrons. The minimum absolute atomic E-state index is 0.100. The highest BCUT2D eigenvalue weighted by atomic mass is 32.2. The van der Waals surface area contributed by atoms with E-state index >= 15 is 0 Å². The van der Waals surface area contributed by atoms with Crippen LogP contribution >= 0.6 is 0 Å². The quantitative estimate of drug-likeness (QED) is 0.869. The Balaban J connectivity index is 2.20. The largest absolute Gasteiger partial charge is 0.451 e. The van der Waals surface area contributed by atoms with E-state index in [0.29, 0.717) is 12.8 Å². The number of carbonyl (C=O) groups excluding carboxylic acids is 1. The molecule has 0 bridgehead atoms. The van der Waals surface area contributed by atoms with Gasteiger partial charge in [-0.15, -0.1) is 0 Å². The van der Waals surface area contributed by atoms with Gasteiger partial charge in [-0.05, 0) is 12.8 Å². The summed E-state index contributed by atoms with van der Waals surface area (Å²) in [7, 11) is -4.05. The minimum Gasteiger partial charge on any atom is -0.451 e. The first-order valence-corrected chi connectivity index (χ1v) is 7.04. The highest BCUT2D eigenvalue weighted by molar-refractivity contribution is 7.89. The van der Waals surface area contributed by atoms with E-state index in [1.54, 1.807) is 0 Å². The number of carbonyl (C=O) groups is 1. The lowest BCUT2D eigenvalue weighted by Gasteiger charge is -2.20. The van der Waals surface area contributed by atoms with Crippen LogP contribution in [-0.4, -0.2) is 38.2 Å². The normalized spacial score (nSPS) is 15.8. The SMILES string of the molecule is NS(=O)(=O)c1cc(C(=O)N(CC(F)F)C2CC2)co1. The molecule has 1 aliphatic carbocycles. The van der Waals surface area contributed by atoms with Crippen molar-refractivity contribution >= 4 is 15.9 Å². The first kappa shape index (κ1) is 13.9. The van der Waals surface area contributed by atoms with E-state index in [-0.39, 0.29) is 11.6 Å². The van der Waals surface area contributed by atoms with Crippen LogP contribution in [0.15, 0.2) is 21.8 Å². The van der Waals surface area contributed by atoms with Gasteiger partial charge < -0.3 is 9.32 Å². The maximum absolute atomic E-state index is 12.4. The molecule has 0 radical (unpaired) electrons. The molecule has 1 saturated carbocycles. The molecule has 0 atom stereocenters. The van der Waals surface area contributed by atoms with Gasteiger partial charge in [-0.25, -0.2) is 22.3 Å². The van der Waals surface area contributed by atoms with Crippen LogP contribution in [0.4, 0.5) is 8.78 Å². The van der Waals surface area contributed by atoms with Crippen molar-refractivity contribution in [1.29, 1.82) is 0 Å². The summed E-state index contributed by atoms with van der Waals surface area (Å²) in [5, 5.41) is 4.27. The van der Waals surface area contributed by atoms with Crippen LogP contribution in [-0.2, 0) is 10.0 Å². The second-order valence-corrected chi connectivity index (χ2v) is 5.77. The van der Waals surface area contributed by atoms with Crippen molar-refractivity contribution in [3.05, 3.63) is 17.9 Å². The summed E-state index contributed by atoms with van der Waals surface area (Å²) in [4.78, 5) is 13.0. The van der Waals surface area contributed by atoms with Crippen LogP contribution in [0.5, 0.6) is 0 Å². The number of furan rings is 1. The molecule has 1 heterocycles. The van der Waals surface area contributed by atoms with Crippen LogP contribution in [0.3, 0.4) is 0 Å². The van der Waals surface area contributed by atoms with Gasteiger partial charge in [-0.2, -0.15) is 0 Å². The lowest BCUT2D eigenvalue weighted by atomic mass is 10.3. The number of amides is 1. The molecular formula is C10H12F2N2O4S. The summed E-state index contributed by atoms with van der Waals surface area (Å²) >= 11 is 0. The fourth-order valence-corrected chi connectivity index (χ4v) is 2.15. The highest BCUT2D eigenvalue weighted by Gasteiger charge is 2.35. The summed E-state index contributed by atoms with van der Waals surface area (Å²) in [5.74, 6) is -0.679. The third kappa shape index (κ3) is 3.29. The van der Waals surface area contributed by atoms with E-state index in [0.717, 1.165) is 17.2 Å². The van der Waals surface area contributed by atoms with Crippen LogP contribution < -0.4 is 5.14 Å². The molecule has 1 fully saturated rings. The number of halogens is 2. The molecule has 0 aliphatic heterocycles. The van der Waals surface area contributed by atoms with Crippen molar-refractivity contribution in [2.24, 2.45) is 5.14 Å². The number of nitrogens with two attached hydrogens (primary N) is 1. The van der Waals surface area contributed by atoms with E-state index in [1.807, 2.05) is 0 Å². The number of hydrogen-bond donors (Lipinski definition) is 1. The lowest BCUT2D eigenvalue weighted by molar-refractivity contribution is 0.0533. The van der Waals surface area contributed by atoms with Crippen molar-refractivity contribution in [2.75, 3.05) is 6.54 Å². The van der Waals surface area contributed by atoms with Crippen LogP contribution in [0.1, 0.15) is 23.2 Å². The van der Waals surface area contributed by atoms with Crippen molar-refractivity contribution in [1.82, 2.24) is 4.90 Å². The number of rotatable bonds is 5. The molecule has 0 saturated heterocycles. The number of primary sulfonamides is 1. The smallest absolute Gasteiger partial charge is 0.271 e. The van der Waals surface area contributed by atoms with Crippen LogP contribution in [0.25, 0.3) is 0 Å². The fourth-order valence-electron chi connectivity index (χ4n) is 1.68. The molecule has 2 rings (SSSR count). The Labute approximate surface area is 108 Å². The molecule has 9 heteroatoms. The summed E-state index contributed by atoms with van der Waals surface area (Å²) in [6.07, 6.45) is -0.409. The standard InChI is InChI=1S/C10H12F2N2O4S/c11-8(12)4-14(7-1-2-7)10(15)6-3-9(18-5-6)19(13,16)17/h3,5,7-8H,1-2,4H2,(H2,13,16,17). The topological polar surface area (TPSA) is 93.6 Å². The molecule has 19 heavy (non-hydrogen) atoms. The van der Waals surface area contributed by atoms with Gasteiger partial charge in [0.25, 0.3) is 22.4 Å². The van der Waals surface area contributed by atoms with Crippen molar-refractivity contribution in [3.63, 3.8) is 0 Å². The zero-order valence-electron chi connectivity index (χ0n) is 9.75. The van der Waals surface area contributed by atoms with E-state index < -0.39 is 34.0 Å². The average molecular weight is 294 g/mol. The maximum Gasteiger partial charge on any atom is 0.271 e. The number of sulfonamides is 1. The molecule has 6 nitrogen and oxygen atoms in total. The lowest BCUT2D eigenvalue weighted by Crippen LogP contribution is -2.36. The monoisotopic (exact) mass is 294 g/mol. The fraction of sp³-hybridized carbons (Fsp3) is 0.500. The van der Waals surface area contributed by atoms with E-state index in [4.69, 9.17) is 5.14 Å². The van der Waals surface area contributed by atoms with Crippen molar-refractivity contribution in [2.45, 2.75) is 30.4 Å². The van der Waals surface area contributed by atoms with Crippen molar-refractivity contribution < 1.29 is 26.4 Å². The van der Waals surface area contributed by atoms with Crippen molar-refractivity contribution in [3.8, 4) is 0 Å². The van der Waals surface area contributed by atoms with Gasteiger partial charge in [0.15, 0.2) is 0 Å². The molecule has 1 aromatic heterocycles. The average Bonchev–Trinajstić information content (AvgIpc) is 2.99. The zero-order valence-corrected chi connectivity index (χ0v) is 10.6. The highest BCUT2D eigenvalue weighted by Crippen LogP contribution is 2.29. The van der Waals surface area contributed by atoms with Gasteiger partial charge in [-0.1, -0.05) is 0 Å². The second-order valence-electron chi connectivity index (χ2n) is 4.28. The predicted molar refractivity (Wildman–Crippen MR) is 60.1 cm³/mol. The summed E-state index contributed by atoms with van der Waals surface area (Å²) in [5.41, 5.74) is -0.100. The van der Waals surface area contributed by atoms with Gasteiger partial charge in [0, 0.05) is 12.1 Å². The number of alkyl halides is 2. The maximum atomic E-state index is 12.4.